The Labute approximate surface area is 116 Å². The molecule has 0 aromatic heterocycles. The van der Waals surface area contributed by atoms with E-state index in [4.69, 9.17) is 9.47 Å². The van der Waals surface area contributed by atoms with Crippen LogP contribution >= 0.6 is 0 Å². The predicted molar refractivity (Wildman–Crippen MR) is 69.9 cm³/mol. The standard InChI is InChI=1S/C15H17FO4/c16-12-6-4-11(5-7-12)14(17)2-1-3-15(18)20-13-8-9-19-10-13/h4-7,13H,1-3,8-10H2/t13-/m0/s1. The van der Waals surface area contributed by atoms with Crippen molar-refractivity contribution in [2.24, 2.45) is 0 Å². The topological polar surface area (TPSA) is 52.6 Å². The number of ketones is 1. The summed E-state index contributed by atoms with van der Waals surface area (Å²) in [5, 5.41) is 0. The lowest BCUT2D eigenvalue weighted by atomic mass is 10.1. The van der Waals surface area contributed by atoms with Gasteiger partial charge in [-0.05, 0) is 30.7 Å². The van der Waals surface area contributed by atoms with Gasteiger partial charge in [0, 0.05) is 24.8 Å². The van der Waals surface area contributed by atoms with E-state index >= 15 is 0 Å². The first-order chi connectivity index (χ1) is 9.65. The number of rotatable bonds is 6. The summed E-state index contributed by atoms with van der Waals surface area (Å²) in [7, 11) is 0. The number of hydrogen-bond donors (Lipinski definition) is 0. The molecule has 1 fully saturated rings. The highest BCUT2D eigenvalue weighted by molar-refractivity contribution is 5.96. The monoisotopic (exact) mass is 280 g/mol. The van der Waals surface area contributed by atoms with Crippen molar-refractivity contribution >= 4 is 11.8 Å². The fraction of sp³-hybridized carbons (Fsp3) is 0.467. The van der Waals surface area contributed by atoms with Crippen LogP contribution in [0.1, 0.15) is 36.0 Å². The highest BCUT2D eigenvalue weighted by Crippen LogP contribution is 2.12. The molecule has 1 aliphatic rings. The minimum Gasteiger partial charge on any atom is -0.460 e. The zero-order valence-corrected chi connectivity index (χ0v) is 11.1. The molecule has 1 saturated heterocycles. The Kier molecular flexibility index (Phi) is 5.24. The van der Waals surface area contributed by atoms with Crippen LogP contribution < -0.4 is 0 Å². The first kappa shape index (κ1) is 14.7. The molecule has 1 aromatic rings. The number of carbonyl (C=O) groups excluding carboxylic acids is 2. The summed E-state index contributed by atoms with van der Waals surface area (Å²) in [5.41, 5.74) is 0.462. The van der Waals surface area contributed by atoms with Crippen LogP contribution in [-0.4, -0.2) is 31.1 Å². The van der Waals surface area contributed by atoms with Gasteiger partial charge >= 0.3 is 5.97 Å². The maximum atomic E-state index is 12.7. The molecule has 2 rings (SSSR count). The molecule has 1 heterocycles. The number of carbonyl (C=O) groups is 2. The Hall–Kier alpha value is -1.75. The van der Waals surface area contributed by atoms with E-state index < -0.39 is 0 Å². The van der Waals surface area contributed by atoms with Gasteiger partial charge in [0.05, 0.1) is 13.2 Å². The van der Waals surface area contributed by atoms with Crippen LogP contribution in [-0.2, 0) is 14.3 Å². The quantitative estimate of drug-likeness (QED) is 0.593. The Morgan fingerprint density at radius 3 is 2.65 bits per heavy atom. The normalized spacial score (nSPS) is 17.9. The van der Waals surface area contributed by atoms with E-state index in [1.165, 1.54) is 24.3 Å². The largest absolute Gasteiger partial charge is 0.460 e. The number of hydrogen-bond acceptors (Lipinski definition) is 4. The predicted octanol–water partition coefficient (Wildman–Crippen LogP) is 2.51. The Morgan fingerprint density at radius 2 is 2.00 bits per heavy atom. The SMILES string of the molecule is O=C(CCCC(=O)c1ccc(F)cc1)O[C@H]1CCOC1. The van der Waals surface area contributed by atoms with E-state index in [-0.39, 0.29) is 36.5 Å². The lowest BCUT2D eigenvalue weighted by molar-refractivity contribution is -0.149. The average Bonchev–Trinajstić information content (AvgIpc) is 2.92. The van der Waals surface area contributed by atoms with E-state index in [0.29, 0.717) is 25.2 Å². The van der Waals surface area contributed by atoms with Gasteiger partial charge in [-0.3, -0.25) is 9.59 Å². The number of benzene rings is 1. The lowest BCUT2D eigenvalue weighted by Crippen LogP contribution is -2.18. The van der Waals surface area contributed by atoms with Crippen molar-refractivity contribution in [1.82, 2.24) is 0 Å². The molecule has 0 radical (unpaired) electrons. The van der Waals surface area contributed by atoms with Gasteiger partial charge in [0.2, 0.25) is 0 Å². The summed E-state index contributed by atoms with van der Waals surface area (Å²) in [6.07, 6.45) is 1.49. The van der Waals surface area contributed by atoms with Crippen LogP contribution in [0.15, 0.2) is 24.3 Å². The van der Waals surface area contributed by atoms with Crippen molar-refractivity contribution in [1.29, 1.82) is 0 Å². The second kappa shape index (κ2) is 7.14. The third-order valence-corrected chi connectivity index (χ3v) is 3.14. The van der Waals surface area contributed by atoms with Crippen LogP contribution in [0, 0.1) is 5.82 Å². The van der Waals surface area contributed by atoms with Crippen LogP contribution in [0.5, 0.6) is 0 Å². The van der Waals surface area contributed by atoms with Gasteiger partial charge in [0.25, 0.3) is 0 Å². The maximum absolute atomic E-state index is 12.7. The molecule has 1 aliphatic heterocycles. The summed E-state index contributed by atoms with van der Waals surface area (Å²) >= 11 is 0. The van der Waals surface area contributed by atoms with Gasteiger partial charge in [-0.2, -0.15) is 0 Å². The maximum Gasteiger partial charge on any atom is 0.306 e. The van der Waals surface area contributed by atoms with Crippen molar-refractivity contribution in [2.45, 2.75) is 31.8 Å². The van der Waals surface area contributed by atoms with Gasteiger partial charge < -0.3 is 9.47 Å². The summed E-state index contributed by atoms with van der Waals surface area (Å²) in [6.45, 7) is 1.08. The smallest absolute Gasteiger partial charge is 0.306 e. The number of ether oxygens (including phenoxy) is 2. The summed E-state index contributed by atoms with van der Waals surface area (Å²) in [4.78, 5) is 23.3. The third kappa shape index (κ3) is 4.42. The van der Waals surface area contributed by atoms with E-state index in [9.17, 15) is 14.0 Å². The van der Waals surface area contributed by atoms with E-state index in [1.807, 2.05) is 0 Å². The van der Waals surface area contributed by atoms with Gasteiger partial charge in [-0.1, -0.05) is 0 Å². The molecule has 1 atom stereocenters. The second-order valence-electron chi connectivity index (χ2n) is 4.76. The highest BCUT2D eigenvalue weighted by atomic mass is 19.1. The molecule has 4 nitrogen and oxygen atoms in total. The van der Waals surface area contributed by atoms with Crippen molar-refractivity contribution in [3.05, 3.63) is 35.6 Å². The molecule has 0 aliphatic carbocycles. The number of esters is 1. The molecule has 1 aromatic carbocycles. The highest BCUT2D eigenvalue weighted by Gasteiger charge is 2.19. The minimum absolute atomic E-state index is 0.0954. The second-order valence-corrected chi connectivity index (χ2v) is 4.76. The zero-order valence-electron chi connectivity index (χ0n) is 11.1. The van der Waals surface area contributed by atoms with E-state index in [1.54, 1.807) is 0 Å². The van der Waals surface area contributed by atoms with Crippen molar-refractivity contribution < 1.29 is 23.5 Å². The summed E-state index contributed by atoms with van der Waals surface area (Å²) < 4.78 is 23.0. The Morgan fingerprint density at radius 1 is 1.25 bits per heavy atom. The van der Waals surface area contributed by atoms with Crippen molar-refractivity contribution in [3.63, 3.8) is 0 Å². The van der Waals surface area contributed by atoms with Gasteiger partial charge in [-0.15, -0.1) is 0 Å². The van der Waals surface area contributed by atoms with Crippen molar-refractivity contribution in [2.75, 3.05) is 13.2 Å². The fourth-order valence-corrected chi connectivity index (χ4v) is 2.02. The van der Waals surface area contributed by atoms with E-state index in [2.05, 4.69) is 0 Å². The van der Waals surface area contributed by atoms with Crippen LogP contribution in [0.4, 0.5) is 4.39 Å². The molecule has 0 N–H and O–H groups in total. The van der Waals surface area contributed by atoms with Gasteiger partial charge in [0.1, 0.15) is 11.9 Å². The lowest BCUT2D eigenvalue weighted by Gasteiger charge is -2.09. The minimum atomic E-state index is -0.371. The van der Waals surface area contributed by atoms with Crippen LogP contribution in [0.3, 0.4) is 0 Å². The Bertz CT molecular complexity index is 463. The van der Waals surface area contributed by atoms with E-state index in [0.717, 1.165) is 6.42 Å². The molecule has 0 saturated carbocycles. The van der Waals surface area contributed by atoms with Gasteiger partial charge in [0.15, 0.2) is 5.78 Å². The molecular weight excluding hydrogens is 263 g/mol. The van der Waals surface area contributed by atoms with Crippen LogP contribution in [0.2, 0.25) is 0 Å². The molecule has 0 spiro atoms. The number of halogens is 1. The van der Waals surface area contributed by atoms with Crippen molar-refractivity contribution in [3.8, 4) is 0 Å². The summed E-state index contributed by atoms with van der Waals surface area (Å²) in [5.74, 6) is -0.765. The fourth-order valence-electron chi connectivity index (χ4n) is 2.02. The molecular formula is C15H17FO4. The molecule has 5 heteroatoms. The third-order valence-electron chi connectivity index (χ3n) is 3.14. The summed E-state index contributed by atoms with van der Waals surface area (Å²) in [6, 6.07) is 5.40. The number of Topliss-reactive ketones (excluding diaryl/α,β-unsaturated/α-hetero) is 1. The van der Waals surface area contributed by atoms with Crippen LogP contribution in [0.25, 0.3) is 0 Å². The average molecular weight is 280 g/mol. The first-order valence-electron chi connectivity index (χ1n) is 6.71. The first-order valence-corrected chi connectivity index (χ1v) is 6.71. The Balaban J connectivity index is 1.68. The van der Waals surface area contributed by atoms with Gasteiger partial charge in [-0.25, -0.2) is 4.39 Å². The molecule has 0 bridgehead atoms. The molecule has 20 heavy (non-hydrogen) atoms. The molecule has 0 amide bonds. The molecule has 108 valence electrons. The zero-order chi connectivity index (χ0) is 14.4. The molecule has 0 unspecified atom stereocenters.